The summed E-state index contributed by atoms with van der Waals surface area (Å²) in [6.07, 6.45) is 1.37. The first kappa shape index (κ1) is 14.5. The largest absolute Gasteiger partial charge is 0.379 e. The lowest BCUT2D eigenvalue weighted by atomic mass is 9.98. The van der Waals surface area contributed by atoms with E-state index in [4.69, 9.17) is 10.5 Å². The molecule has 4 nitrogen and oxygen atoms in total. The summed E-state index contributed by atoms with van der Waals surface area (Å²) in [5.74, 6) is -0.116. The standard InChI is InChI=1S/C14H19BrN2O2/c1-10(8-11-2-4-12(15)5-3-11)17-13(18)14(16)6-7-19-9-14/h2-5,10H,6-9,16H2,1H3,(H,17,18). The van der Waals surface area contributed by atoms with Gasteiger partial charge in [0.05, 0.1) is 6.61 Å². The summed E-state index contributed by atoms with van der Waals surface area (Å²) in [4.78, 5) is 12.1. The summed E-state index contributed by atoms with van der Waals surface area (Å²) in [6, 6.07) is 8.14. The number of ether oxygens (including phenoxy) is 1. The van der Waals surface area contributed by atoms with Gasteiger partial charge in [0.25, 0.3) is 0 Å². The quantitative estimate of drug-likeness (QED) is 0.883. The second-order valence-electron chi connectivity index (χ2n) is 5.16. The van der Waals surface area contributed by atoms with Crippen molar-refractivity contribution in [1.82, 2.24) is 5.32 Å². The minimum atomic E-state index is -0.853. The van der Waals surface area contributed by atoms with Crippen molar-refractivity contribution in [1.29, 1.82) is 0 Å². The third-order valence-electron chi connectivity index (χ3n) is 3.34. The van der Waals surface area contributed by atoms with E-state index in [0.717, 1.165) is 10.9 Å². The van der Waals surface area contributed by atoms with Gasteiger partial charge >= 0.3 is 0 Å². The van der Waals surface area contributed by atoms with Crippen molar-refractivity contribution in [3.8, 4) is 0 Å². The highest BCUT2D eigenvalue weighted by molar-refractivity contribution is 9.10. The van der Waals surface area contributed by atoms with Crippen molar-refractivity contribution in [2.45, 2.75) is 31.3 Å². The number of rotatable bonds is 4. The van der Waals surface area contributed by atoms with Crippen LogP contribution in [0.3, 0.4) is 0 Å². The number of carbonyl (C=O) groups excluding carboxylic acids is 1. The fourth-order valence-electron chi connectivity index (χ4n) is 2.15. The van der Waals surface area contributed by atoms with Crippen LogP contribution in [-0.4, -0.2) is 30.7 Å². The minimum absolute atomic E-state index is 0.0506. The maximum absolute atomic E-state index is 12.1. The molecule has 0 saturated carbocycles. The molecule has 1 heterocycles. The maximum Gasteiger partial charge on any atom is 0.242 e. The Morgan fingerprint density at radius 3 is 2.79 bits per heavy atom. The van der Waals surface area contributed by atoms with Gasteiger partial charge in [-0.2, -0.15) is 0 Å². The van der Waals surface area contributed by atoms with Crippen molar-refractivity contribution >= 4 is 21.8 Å². The van der Waals surface area contributed by atoms with Crippen LogP contribution in [0.4, 0.5) is 0 Å². The zero-order chi connectivity index (χ0) is 13.9. The van der Waals surface area contributed by atoms with Crippen LogP contribution in [0, 0.1) is 0 Å². The highest BCUT2D eigenvalue weighted by atomic mass is 79.9. The first-order chi connectivity index (χ1) is 8.99. The molecule has 19 heavy (non-hydrogen) atoms. The zero-order valence-electron chi connectivity index (χ0n) is 11.0. The highest BCUT2D eigenvalue weighted by Crippen LogP contribution is 2.16. The lowest BCUT2D eigenvalue weighted by Gasteiger charge is -2.23. The van der Waals surface area contributed by atoms with Crippen molar-refractivity contribution in [2.24, 2.45) is 5.73 Å². The fourth-order valence-corrected chi connectivity index (χ4v) is 2.42. The Kier molecular flexibility index (Phi) is 4.60. The monoisotopic (exact) mass is 326 g/mol. The van der Waals surface area contributed by atoms with Crippen LogP contribution in [-0.2, 0) is 16.0 Å². The van der Waals surface area contributed by atoms with Gasteiger partial charge in [0.1, 0.15) is 5.54 Å². The molecule has 104 valence electrons. The van der Waals surface area contributed by atoms with E-state index in [1.54, 1.807) is 0 Å². The van der Waals surface area contributed by atoms with Crippen LogP contribution in [0.2, 0.25) is 0 Å². The summed E-state index contributed by atoms with van der Waals surface area (Å²) in [5.41, 5.74) is 6.35. The van der Waals surface area contributed by atoms with E-state index in [-0.39, 0.29) is 11.9 Å². The molecule has 2 rings (SSSR count). The summed E-state index contributed by atoms with van der Waals surface area (Å²) in [5, 5.41) is 2.97. The van der Waals surface area contributed by atoms with Gasteiger partial charge in [-0.25, -0.2) is 0 Å². The van der Waals surface area contributed by atoms with Crippen LogP contribution in [0.25, 0.3) is 0 Å². The molecular formula is C14H19BrN2O2. The molecule has 1 aliphatic heterocycles. The fraction of sp³-hybridized carbons (Fsp3) is 0.500. The average Bonchev–Trinajstić information content (AvgIpc) is 2.80. The third kappa shape index (κ3) is 3.78. The Morgan fingerprint density at radius 2 is 2.21 bits per heavy atom. The molecule has 2 unspecified atom stereocenters. The second-order valence-corrected chi connectivity index (χ2v) is 6.08. The van der Waals surface area contributed by atoms with E-state index >= 15 is 0 Å². The number of amides is 1. The van der Waals surface area contributed by atoms with Gasteiger partial charge in [0, 0.05) is 17.1 Å². The van der Waals surface area contributed by atoms with Crippen LogP contribution in [0.1, 0.15) is 18.9 Å². The molecule has 0 spiro atoms. The van der Waals surface area contributed by atoms with Gasteiger partial charge in [0.15, 0.2) is 0 Å². The topological polar surface area (TPSA) is 64.4 Å². The first-order valence-corrected chi connectivity index (χ1v) is 7.21. The smallest absolute Gasteiger partial charge is 0.242 e. The molecule has 1 aromatic carbocycles. The van der Waals surface area contributed by atoms with Gasteiger partial charge < -0.3 is 15.8 Å². The summed E-state index contributed by atoms with van der Waals surface area (Å²) in [6.45, 7) is 2.86. The van der Waals surface area contributed by atoms with Crippen LogP contribution >= 0.6 is 15.9 Å². The molecule has 2 atom stereocenters. The van der Waals surface area contributed by atoms with Crippen LogP contribution in [0.15, 0.2) is 28.7 Å². The summed E-state index contributed by atoms with van der Waals surface area (Å²) < 4.78 is 6.26. The Labute approximate surface area is 121 Å². The Morgan fingerprint density at radius 1 is 1.53 bits per heavy atom. The van der Waals surface area contributed by atoms with Gasteiger partial charge in [-0.15, -0.1) is 0 Å². The lowest BCUT2D eigenvalue weighted by Crippen LogP contribution is -2.56. The third-order valence-corrected chi connectivity index (χ3v) is 3.87. The van der Waals surface area contributed by atoms with Gasteiger partial charge in [-0.3, -0.25) is 4.79 Å². The van der Waals surface area contributed by atoms with E-state index in [9.17, 15) is 4.79 Å². The van der Waals surface area contributed by atoms with E-state index in [1.165, 1.54) is 5.56 Å². The van der Waals surface area contributed by atoms with E-state index < -0.39 is 5.54 Å². The molecule has 3 N–H and O–H groups in total. The molecule has 0 radical (unpaired) electrons. The molecule has 1 fully saturated rings. The Balaban J connectivity index is 1.88. The number of nitrogens with one attached hydrogen (secondary N) is 1. The highest BCUT2D eigenvalue weighted by Gasteiger charge is 2.38. The predicted molar refractivity (Wildman–Crippen MR) is 77.8 cm³/mol. The van der Waals surface area contributed by atoms with Gasteiger partial charge in [0.2, 0.25) is 5.91 Å². The molecule has 1 aromatic rings. The van der Waals surface area contributed by atoms with E-state index in [2.05, 4.69) is 21.2 Å². The van der Waals surface area contributed by atoms with Crippen molar-refractivity contribution in [3.63, 3.8) is 0 Å². The zero-order valence-corrected chi connectivity index (χ0v) is 12.6. The van der Waals surface area contributed by atoms with Crippen molar-refractivity contribution < 1.29 is 9.53 Å². The summed E-state index contributed by atoms with van der Waals surface area (Å²) >= 11 is 3.40. The first-order valence-electron chi connectivity index (χ1n) is 6.42. The van der Waals surface area contributed by atoms with E-state index in [0.29, 0.717) is 19.6 Å². The van der Waals surface area contributed by atoms with E-state index in [1.807, 2.05) is 31.2 Å². The number of hydrogen-bond acceptors (Lipinski definition) is 3. The van der Waals surface area contributed by atoms with Crippen molar-refractivity contribution in [3.05, 3.63) is 34.3 Å². The SMILES string of the molecule is CC(Cc1ccc(Br)cc1)NC(=O)C1(N)CCOC1. The maximum atomic E-state index is 12.1. The van der Waals surface area contributed by atoms with Crippen LogP contribution in [0.5, 0.6) is 0 Å². The number of hydrogen-bond donors (Lipinski definition) is 2. The van der Waals surface area contributed by atoms with Crippen molar-refractivity contribution in [2.75, 3.05) is 13.2 Å². The minimum Gasteiger partial charge on any atom is -0.379 e. The molecule has 0 bridgehead atoms. The number of halogens is 1. The second kappa shape index (κ2) is 6.03. The Hall–Kier alpha value is -0.910. The van der Waals surface area contributed by atoms with Gasteiger partial charge in [-0.05, 0) is 37.5 Å². The molecule has 1 saturated heterocycles. The molecule has 5 heteroatoms. The summed E-state index contributed by atoms with van der Waals surface area (Å²) in [7, 11) is 0. The Bertz CT molecular complexity index is 441. The molecule has 1 aliphatic rings. The molecule has 0 aromatic heterocycles. The number of nitrogens with two attached hydrogens (primary N) is 1. The molecule has 0 aliphatic carbocycles. The lowest BCUT2D eigenvalue weighted by molar-refractivity contribution is -0.126. The molecule has 1 amide bonds. The normalized spacial score (nSPS) is 24.2. The van der Waals surface area contributed by atoms with Gasteiger partial charge in [-0.1, -0.05) is 28.1 Å². The van der Waals surface area contributed by atoms with Crippen LogP contribution < -0.4 is 11.1 Å². The predicted octanol–water partition coefficient (Wildman–Crippen LogP) is 1.61. The number of benzene rings is 1. The average molecular weight is 327 g/mol. The molecular weight excluding hydrogens is 308 g/mol. The number of carbonyl (C=O) groups is 1.